The summed E-state index contributed by atoms with van der Waals surface area (Å²) in [5.74, 6) is -0.302. The van der Waals surface area contributed by atoms with Crippen LogP contribution in [0.1, 0.15) is 40.5 Å². The van der Waals surface area contributed by atoms with Gasteiger partial charge in [-0.1, -0.05) is 17.2 Å². The van der Waals surface area contributed by atoms with E-state index < -0.39 is 5.44 Å². The molecule has 0 aromatic rings. The molecule has 0 heterocycles. The number of hydrogen-bond donors (Lipinski definition) is 1. The molecule has 0 spiro atoms. The molecular formula is C12H20O2S. The van der Waals surface area contributed by atoms with Crippen LogP contribution in [0.3, 0.4) is 0 Å². The molecule has 0 bridgehead atoms. The van der Waals surface area contributed by atoms with Crippen LogP contribution in [0.25, 0.3) is 0 Å². The number of allylic oxidation sites excluding steroid dienone is 3. The summed E-state index contributed by atoms with van der Waals surface area (Å²) in [6.07, 6.45) is 6.05. The van der Waals surface area contributed by atoms with Gasteiger partial charge in [-0.25, -0.2) is 0 Å². The van der Waals surface area contributed by atoms with Crippen LogP contribution < -0.4 is 0 Å². The van der Waals surface area contributed by atoms with Crippen molar-refractivity contribution in [1.29, 1.82) is 0 Å². The lowest BCUT2D eigenvalue weighted by molar-refractivity contribution is -0.140. The number of rotatable bonds is 5. The summed E-state index contributed by atoms with van der Waals surface area (Å²) >= 11 is 4.14. The molecule has 0 aromatic heterocycles. The second-order valence-corrected chi connectivity index (χ2v) is 4.34. The molecule has 3 heteroatoms. The summed E-state index contributed by atoms with van der Waals surface area (Å²) in [7, 11) is 0. The van der Waals surface area contributed by atoms with Gasteiger partial charge in [0.05, 0.1) is 0 Å². The molecule has 86 valence electrons. The van der Waals surface area contributed by atoms with E-state index in [1.165, 1.54) is 18.1 Å². The minimum atomic E-state index is -0.422. The first-order valence-electron chi connectivity index (χ1n) is 5.07. The summed E-state index contributed by atoms with van der Waals surface area (Å²) < 4.78 is 4.88. The fourth-order valence-electron chi connectivity index (χ4n) is 1.12. The van der Waals surface area contributed by atoms with Crippen LogP contribution in [-0.2, 0) is 9.53 Å². The summed E-state index contributed by atoms with van der Waals surface area (Å²) in [6.45, 7) is 7.57. The quantitative estimate of drug-likeness (QED) is 0.337. The summed E-state index contributed by atoms with van der Waals surface area (Å²) in [4.78, 5) is 10.6. The molecule has 0 N–H and O–H groups in total. The van der Waals surface area contributed by atoms with Gasteiger partial charge in [-0.3, -0.25) is 4.79 Å². The highest BCUT2D eigenvalue weighted by Crippen LogP contribution is 2.10. The standard InChI is InChI=1S/C12H20O2S/c1-9(2)6-5-7-10(3)8-12(15)14-11(4)13/h6,8,12,15H,5,7H2,1-4H3. The van der Waals surface area contributed by atoms with E-state index in [2.05, 4.69) is 32.6 Å². The zero-order valence-corrected chi connectivity index (χ0v) is 10.8. The second kappa shape index (κ2) is 7.57. The Labute approximate surface area is 97.8 Å². The van der Waals surface area contributed by atoms with Crippen molar-refractivity contribution >= 4 is 18.6 Å². The number of carbonyl (C=O) groups is 1. The van der Waals surface area contributed by atoms with Crippen molar-refractivity contribution in [1.82, 2.24) is 0 Å². The van der Waals surface area contributed by atoms with E-state index in [1.54, 1.807) is 0 Å². The summed E-state index contributed by atoms with van der Waals surface area (Å²) in [5, 5.41) is 0. The van der Waals surface area contributed by atoms with Crippen LogP contribution in [0.2, 0.25) is 0 Å². The predicted octanol–water partition coefficient (Wildman–Crippen LogP) is 3.50. The molecule has 2 nitrogen and oxygen atoms in total. The summed E-state index contributed by atoms with van der Waals surface area (Å²) in [6, 6.07) is 0. The van der Waals surface area contributed by atoms with E-state index in [9.17, 15) is 4.79 Å². The van der Waals surface area contributed by atoms with Gasteiger partial charge in [-0.2, -0.15) is 0 Å². The molecule has 0 aliphatic carbocycles. The van der Waals surface area contributed by atoms with Crippen LogP contribution in [-0.4, -0.2) is 11.4 Å². The lowest BCUT2D eigenvalue weighted by atomic mass is 10.1. The Morgan fingerprint density at radius 2 is 1.93 bits per heavy atom. The first-order chi connectivity index (χ1) is 6.91. The zero-order chi connectivity index (χ0) is 11.8. The first kappa shape index (κ1) is 14.3. The Balaban J connectivity index is 3.97. The van der Waals surface area contributed by atoms with Crippen molar-refractivity contribution in [3.05, 3.63) is 23.3 Å². The Hall–Kier alpha value is -0.700. The van der Waals surface area contributed by atoms with E-state index in [-0.39, 0.29) is 5.97 Å². The van der Waals surface area contributed by atoms with Gasteiger partial charge in [0.25, 0.3) is 0 Å². The van der Waals surface area contributed by atoms with Gasteiger partial charge in [-0.15, -0.1) is 12.6 Å². The number of ether oxygens (including phenoxy) is 1. The maximum Gasteiger partial charge on any atom is 0.304 e. The van der Waals surface area contributed by atoms with E-state index in [4.69, 9.17) is 4.74 Å². The molecule has 0 rings (SSSR count). The highest BCUT2D eigenvalue weighted by Gasteiger charge is 2.02. The van der Waals surface area contributed by atoms with Crippen molar-refractivity contribution < 1.29 is 9.53 Å². The molecule has 0 saturated carbocycles. The Morgan fingerprint density at radius 3 is 2.40 bits per heavy atom. The van der Waals surface area contributed by atoms with Crippen molar-refractivity contribution in [3.8, 4) is 0 Å². The topological polar surface area (TPSA) is 26.3 Å². The van der Waals surface area contributed by atoms with E-state index in [0.29, 0.717) is 0 Å². The van der Waals surface area contributed by atoms with Crippen LogP contribution in [0.5, 0.6) is 0 Å². The molecule has 15 heavy (non-hydrogen) atoms. The molecule has 0 saturated heterocycles. The fraction of sp³-hybridized carbons (Fsp3) is 0.583. The van der Waals surface area contributed by atoms with Gasteiger partial charge >= 0.3 is 5.97 Å². The molecule has 1 atom stereocenters. The van der Waals surface area contributed by atoms with Crippen molar-refractivity contribution in [2.24, 2.45) is 0 Å². The smallest absolute Gasteiger partial charge is 0.304 e. The minimum Gasteiger partial charge on any atom is -0.447 e. The fourth-order valence-corrected chi connectivity index (χ4v) is 1.52. The predicted molar refractivity (Wildman–Crippen MR) is 67.0 cm³/mol. The highest BCUT2D eigenvalue weighted by molar-refractivity contribution is 7.81. The Morgan fingerprint density at radius 1 is 1.33 bits per heavy atom. The lowest BCUT2D eigenvalue weighted by Gasteiger charge is -2.07. The van der Waals surface area contributed by atoms with E-state index >= 15 is 0 Å². The Bertz CT molecular complexity index is 263. The van der Waals surface area contributed by atoms with Crippen molar-refractivity contribution in [2.75, 3.05) is 0 Å². The van der Waals surface area contributed by atoms with Crippen molar-refractivity contribution in [2.45, 2.75) is 46.0 Å². The van der Waals surface area contributed by atoms with Gasteiger partial charge in [0.1, 0.15) is 0 Å². The van der Waals surface area contributed by atoms with Crippen LogP contribution in [0.4, 0.5) is 0 Å². The average molecular weight is 228 g/mol. The van der Waals surface area contributed by atoms with Gasteiger partial charge in [0, 0.05) is 6.92 Å². The van der Waals surface area contributed by atoms with Crippen LogP contribution in [0.15, 0.2) is 23.3 Å². The molecule has 0 aliphatic rings. The maximum absolute atomic E-state index is 10.6. The largest absolute Gasteiger partial charge is 0.447 e. The highest BCUT2D eigenvalue weighted by atomic mass is 32.1. The molecular weight excluding hydrogens is 208 g/mol. The van der Waals surface area contributed by atoms with E-state index in [0.717, 1.165) is 12.8 Å². The summed E-state index contributed by atoms with van der Waals surface area (Å²) in [5.41, 5.74) is 2.09. The zero-order valence-electron chi connectivity index (χ0n) is 9.91. The maximum atomic E-state index is 10.6. The van der Waals surface area contributed by atoms with Gasteiger partial charge in [0.2, 0.25) is 0 Å². The van der Waals surface area contributed by atoms with Crippen LogP contribution in [0, 0.1) is 0 Å². The molecule has 0 fully saturated rings. The molecule has 0 aromatic carbocycles. The number of hydrogen-bond acceptors (Lipinski definition) is 3. The van der Waals surface area contributed by atoms with E-state index in [1.807, 2.05) is 13.0 Å². The first-order valence-corrected chi connectivity index (χ1v) is 5.59. The number of carbonyl (C=O) groups excluding carboxylic acids is 1. The monoisotopic (exact) mass is 228 g/mol. The second-order valence-electron chi connectivity index (χ2n) is 3.83. The van der Waals surface area contributed by atoms with Crippen LogP contribution >= 0.6 is 12.6 Å². The third-order valence-electron chi connectivity index (χ3n) is 1.81. The van der Waals surface area contributed by atoms with Gasteiger partial charge in [0.15, 0.2) is 5.44 Å². The molecule has 1 unspecified atom stereocenters. The third kappa shape index (κ3) is 9.60. The SMILES string of the molecule is CC(=O)OC(S)C=C(C)CCC=C(C)C. The van der Waals surface area contributed by atoms with Gasteiger partial charge < -0.3 is 4.74 Å². The van der Waals surface area contributed by atoms with Crippen molar-refractivity contribution in [3.63, 3.8) is 0 Å². The number of thiol groups is 1. The lowest BCUT2D eigenvalue weighted by Crippen LogP contribution is -2.07. The average Bonchev–Trinajstić information content (AvgIpc) is 2.00. The normalized spacial score (nSPS) is 13.3. The minimum absolute atomic E-state index is 0.302. The number of esters is 1. The molecule has 0 radical (unpaired) electrons. The molecule has 0 amide bonds. The van der Waals surface area contributed by atoms with Gasteiger partial charge in [-0.05, 0) is 39.7 Å². The third-order valence-corrected chi connectivity index (χ3v) is 2.06. The Kier molecular flexibility index (Phi) is 7.22. The molecule has 0 aliphatic heterocycles.